The van der Waals surface area contributed by atoms with E-state index in [0.717, 1.165) is 18.5 Å². The molecule has 1 N–H and O–H groups in total. The van der Waals surface area contributed by atoms with Crippen molar-refractivity contribution in [3.8, 4) is 0 Å². The van der Waals surface area contributed by atoms with Gasteiger partial charge in [0.1, 0.15) is 17.6 Å². The van der Waals surface area contributed by atoms with Gasteiger partial charge in [-0.15, -0.1) is 0 Å². The highest BCUT2D eigenvalue weighted by Gasteiger charge is 2.36. The molecule has 0 aliphatic carbocycles. The fourth-order valence-corrected chi connectivity index (χ4v) is 2.45. The predicted octanol–water partition coefficient (Wildman–Crippen LogP) is 2.35. The maximum Gasteiger partial charge on any atom is 0.265 e. The molecule has 5 nitrogen and oxygen atoms in total. The lowest BCUT2D eigenvalue weighted by atomic mass is 9.96. The minimum Gasteiger partial charge on any atom is -0.309 e. The average Bonchev–Trinajstić information content (AvgIpc) is 2.84. The molecule has 0 radical (unpaired) electrons. The van der Waals surface area contributed by atoms with Gasteiger partial charge in [0.2, 0.25) is 5.91 Å². The SMILES string of the molecule is CCCc1cc2n(n1)C(=O)C(c1ccc(F)cc1)C(=O)N2. The summed E-state index contributed by atoms with van der Waals surface area (Å²) in [6.07, 6.45) is 1.64. The van der Waals surface area contributed by atoms with Crippen LogP contribution in [0.1, 0.15) is 35.3 Å². The van der Waals surface area contributed by atoms with Crippen molar-refractivity contribution in [3.05, 3.63) is 47.4 Å². The van der Waals surface area contributed by atoms with Crippen LogP contribution in [0, 0.1) is 5.82 Å². The number of amides is 1. The van der Waals surface area contributed by atoms with E-state index >= 15 is 0 Å². The maximum absolute atomic E-state index is 13.0. The van der Waals surface area contributed by atoms with Gasteiger partial charge in [-0.1, -0.05) is 25.5 Å². The van der Waals surface area contributed by atoms with Crippen LogP contribution in [0.3, 0.4) is 0 Å². The second-order valence-electron chi connectivity index (χ2n) is 4.99. The van der Waals surface area contributed by atoms with Gasteiger partial charge < -0.3 is 5.32 Å². The van der Waals surface area contributed by atoms with Crippen LogP contribution in [-0.2, 0) is 11.2 Å². The third-order valence-corrected chi connectivity index (χ3v) is 3.44. The van der Waals surface area contributed by atoms with Gasteiger partial charge in [0.25, 0.3) is 5.91 Å². The Morgan fingerprint density at radius 2 is 2.00 bits per heavy atom. The number of anilines is 1. The molecule has 3 rings (SSSR count). The summed E-state index contributed by atoms with van der Waals surface area (Å²) in [5.41, 5.74) is 1.22. The number of rotatable bonds is 3. The van der Waals surface area contributed by atoms with Crippen LogP contribution in [-0.4, -0.2) is 21.6 Å². The van der Waals surface area contributed by atoms with Crippen LogP contribution in [0.25, 0.3) is 0 Å². The molecule has 1 amide bonds. The Labute approximate surface area is 120 Å². The van der Waals surface area contributed by atoms with Gasteiger partial charge >= 0.3 is 0 Å². The molecular weight excluding hydrogens is 273 g/mol. The van der Waals surface area contributed by atoms with Gasteiger partial charge in [-0.2, -0.15) is 9.78 Å². The van der Waals surface area contributed by atoms with Crippen LogP contribution in [0.4, 0.5) is 10.2 Å². The minimum absolute atomic E-state index is 0.395. The highest BCUT2D eigenvalue weighted by Crippen LogP contribution is 2.27. The Hall–Kier alpha value is -2.50. The van der Waals surface area contributed by atoms with E-state index < -0.39 is 23.5 Å². The highest BCUT2D eigenvalue weighted by atomic mass is 19.1. The topological polar surface area (TPSA) is 64.0 Å². The number of aromatic nitrogens is 2. The van der Waals surface area contributed by atoms with Crippen LogP contribution in [0.5, 0.6) is 0 Å². The number of halogens is 1. The highest BCUT2D eigenvalue weighted by molar-refractivity contribution is 6.15. The molecule has 0 bridgehead atoms. The number of nitrogens with zero attached hydrogens (tertiary/aromatic N) is 2. The van der Waals surface area contributed by atoms with Crippen LogP contribution >= 0.6 is 0 Å². The molecule has 2 aromatic rings. The molecule has 108 valence electrons. The van der Waals surface area contributed by atoms with Crippen molar-refractivity contribution in [2.45, 2.75) is 25.7 Å². The first-order chi connectivity index (χ1) is 10.1. The second-order valence-corrected chi connectivity index (χ2v) is 4.99. The van der Waals surface area contributed by atoms with E-state index in [9.17, 15) is 14.0 Å². The quantitative estimate of drug-likeness (QED) is 0.881. The number of fused-ring (bicyclic) bond motifs is 1. The van der Waals surface area contributed by atoms with Gasteiger partial charge in [-0.05, 0) is 24.1 Å². The molecule has 1 atom stereocenters. The first-order valence-corrected chi connectivity index (χ1v) is 6.79. The van der Waals surface area contributed by atoms with Crippen LogP contribution in [0.15, 0.2) is 30.3 Å². The Morgan fingerprint density at radius 1 is 1.29 bits per heavy atom. The second kappa shape index (κ2) is 5.12. The van der Waals surface area contributed by atoms with E-state index in [1.54, 1.807) is 6.07 Å². The lowest BCUT2D eigenvalue weighted by Gasteiger charge is -2.21. The molecule has 21 heavy (non-hydrogen) atoms. The van der Waals surface area contributed by atoms with E-state index in [0.29, 0.717) is 11.4 Å². The number of nitrogens with one attached hydrogen (secondary N) is 1. The molecule has 1 unspecified atom stereocenters. The van der Waals surface area contributed by atoms with Crippen molar-refractivity contribution in [1.29, 1.82) is 0 Å². The molecule has 0 saturated heterocycles. The molecule has 1 aromatic carbocycles. The van der Waals surface area contributed by atoms with E-state index in [4.69, 9.17) is 0 Å². The monoisotopic (exact) mass is 287 g/mol. The summed E-state index contributed by atoms with van der Waals surface area (Å²) in [7, 11) is 0. The summed E-state index contributed by atoms with van der Waals surface area (Å²) in [6, 6.07) is 7.06. The number of carbonyl (C=O) groups excluding carboxylic acids is 2. The number of aryl methyl sites for hydroxylation is 1. The minimum atomic E-state index is -0.993. The zero-order valence-corrected chi connectivity index (χ0v) is 11.5. The average molecular weight is 287 g/mol. The normalized spacial score (nSPS) is 17.5. The van der Waals surface area contributed by atoms with Crippen molar-refractivity contribution in [2.24, 2.45) is 0 Å². The number of hydrogen-bond donors (Lipinski definition) is 1. The Kier molecular flexibility index (Phi) is 3.29. The third kappa shape index (κ3) is 2.33. The lowest BCUT2D eigenvalue weighted by Crippen LogP contribution is -2.38. The number of carbonyl (C=O) groups is 2. The van der Waals surface area contributed by atoms with E-state index in [1.807, 2.05) is 6.92 Å². The molecule has 6 heteroatoms. The number of benzene rings is 1. The molecule has 0 spiro atoms. The van der Waals surface area contributed by atoms with Crippen LogP contribution < -0.4 is 5.32 Å². The standard InChI is InChI=1S/C15H14FN3O2/c1-2-3-11-8-12-17-14(20)13(15(21)19(12)18-11)9-4-6-10(16)7-5-9/h4-8,13H,2-3H2,1H3,(H,17,20). The first-order valence-electron chi connectivity index (χ1n) is 6.79. The third-order valence-electron chi connectivity index (χ3n) is 3.44. The molecule has 0 fully saturated rings. The largest absolute Gasteiger partial charge is 0.309 e. The van der Waals surface area contributed by atoms with Gasteiger partial charge in [0.05, 0.1) is 5.69 Å². The predicted molar refractivity (Wildman–Crippen MR) is 74.6 cm³/mol. The van der Waals surface area contributed by atoms with Crippen molar-refractivity contribution in [3.63, 3.8) is 0 Å². The number of hydrogen-bond acceptors (Lipinski definition) is 3. The van der Waals surface area contributed by atoms with Gasteiger partial charge in [-0.25, -0.2) is 4.39 Å². The molecule has 1 aromatic heterocycles. The van der Waals surface area contributed by atoms with Crippen LogP contribution in [0.2, 0.25) is 0 Å². The summed E-state index contributed by atoms with van der Waals surface area (Å²) in [4.78, 5) is 24.6. The van der Waals surface area contributed by atoms with Gasteiger partial charge in [0.15, 0.2) is 0 Å². The molecule has 2 heterocycles. The summed E-state index contributed by atoms with van der Waals surface area (Å²) in [5.74, 6) is -1.84. The maximum atomic E-state index is 13.0. The summed E-state index contributed by atoms with van der Waals surface area (Å²) in [6.45, 7) is 2.01. The lowest BCUT2D eigenvalue weighted by molar-refractivity contribution is -0.117. The smallest absolute Gasteiger partial charge is 0.265 e. The Morgan fingerprint density at radius 3 is 2.67 bits per heavy atom. The summed E-state index contributed by atoms with van der Waals surface area (Å²) >= 11 is 0. The first kappa shape index (κ1) is 13.5. The fourth-order valence-electron chi connectivity index (χ4n) is 2.45. The summed E-state index contributed by atoms with van der Waals surface area (Å²) in [5, 5.41) is 6.91. The Bertz CT molecular complexity index is 706. The zero-order chi connectivity index (χ0) is 15.0. The van der Waals surface area contributed by atoms with Crippen molar-refractivity contribution >= 4 is 17.6 Å². The molecule has 1 aliphatic heterocycles. The van der Waals surface area contributed by atoms with Gasteiger partial charge in [-0.3, -0.25) is 9.59 Å². The molecule has 0 saturated carbocycles. The van der Waals surface area contributed by atoms with E-state index in [2.05, 4.69) is 10.4 Å². The molecular formula is C15H14FN3O2. The van der Waals surface area contributed by atoms with Crippen molar-refractivity contribution < 1.29 is 14.0 Å². The zero-order valence-electron chi connectivity index (χ0n) is 11.5. The van der Waals surface area contributed by atoms with Gasteiger partial charge in [0, 0.05) is 6.07 Å². The Balaban J connectivity index is 1.98. The van der Waals surface area contributed by atoms with E-state index in [-0.39, 0.29) is 0 Å². The fraction of sp³-hybridized carbons (Fsp3) is 0.267. The van der Waals surface area contributed by atoms with E-state index in [1.165, 1.54) is 28.9 Å². The van der Waals surface area contributed by atoms with Crippen molar-refractivity contribution in [2.75, 3.05) is 5.32 Å². The summed E-state index contributed by atoms with van der Waals surface area (Å²) < 4.78 is 14.2. The van der Waals surface area contributed by atoms with Crippen molar-refractivity contribution in [1.82, 2.24) is 9.78 Å². The molecule has 1 aliphatic rings.